The number of benzene rings is 1. The Morgan fingerprint density at radius 1 is 1.07 bits per heavy atom. The second-order valence-corrected chi connectivity index (χ2v) is 7.92. The molecule has 0 amide bonds. The zero-order valence-electron chi connectivity index (χ0n) is 17.1. The molecule has 1 fully saturated rings. The number of thiocarbonyl (C=S) groups is 1. The molecule has 5 nitrogen and oxygen atoms in total. The van der Waals surface area contributed by atoms with Crippen LogP contribution in [0.3, 0.4) is 0 Å². The van der Waals surface area contributed by atoms with Crippen LogP contribution in [0.25, 0.3) is 5.69 Å². The summed E-state index contributed by atoms with van der Waals surface area (Å²) in [5, 5.41) is 4.32. The molecule has 6 heteroatoms. The van der Waals surface area contributed by atoms with Crippen LogP contribution in [0.5, 0.6) is 0 Å². The van der Waals surface area contributed by atoms with Gasteiger partial charge < -0.3 is 19.7 Å². The molecule has 3 aromatic rings. The Kier molecular flexibility index (Phi) is 5.53. The van der Waals surface area contributed by atoms with Gasteiger partial charge in [0.2, 0.25) is 0 Å². The van der Waals surface area contributed by atoms with Gasteiger partial charge >= 0.3 is 0 Å². The van der Waals surface area contributed by atoms with E-state index in [1.807, 2.05) is 18.3 Å². The Hall–Kier alpha value is -2.86. The monoisotopic (exact) mass is 405 g/mol. The van der Waals surface area contributed by atoms with E-state index in [1.54, 1.807) is 0 Å². The first-order valence-electron chi connectivity index (χ1n) is 10.0. The van der Waals surface area contributed by atoms with E-state index < -0.39 is 0 Å². The van der Waals surface area contributed by atoms with Gasteiger partial charge in [-0.25, -0.2) is 0 Å². The van der Waals surface area contributed by atoms with Crippen molar-refractivity contribution in [1.29, 1.82) is 0 Å². The summed E-state index contributed by atoms with van der Waals surface area (Å²) in [5.41, 5.74) is 4.54. The minimum atomic E-state index is 0.0185. The largest absolute Gasteiger partial charge is 0.378 e. The smallest absolute Gasteiger partial charge is 0.170 e. The van der Waals surface area contributed by atoms with Gasteiger partial charge in [-0.2, -0.15) is 0 Å². The zero-order chi connectivity index (χ0) is 20.4. The fourth-order valence-electron chi connectivity index (χ4n) is 3.99. The van der Waals surface area contributed by atoms with Crippen molar-refractivity contribution in [2.24, 2.45) is 0 Å². The molecule has 0 saturated carbocycles. The van der Waals surface area contributed by atoms with Crippen LogP contribution in [0.15, 0.2) is 67.0 Å². The Bertz CT molecular complexity index is 964. The fraction of sp³-hybridized carbons (Fsp3) is 0.304. The Morgan fingerprint density at radius 2 is 1.86 bits per heavy atom. The van der Waals surface area contributed by atoms with Gasteiger partial charge in [0.1, 0.15) is 0 Å². The summed E-state index contributed by atoms with van der Waals surface area (Å²) in [4.78, 5) is 9.03. The van der Waals surface area contributed by atoms with Gasteiger partial charge in [-0.1, -0.05) is 13.0 Å². The molecule has 0 aliphatic carbocycles. The molecule has 29 heavy (non-hydrogen) atoms. The molecule has 0 spiro atoms. The fourth-order valence-corrected chi connectivity index (χ4v) is 4.32. The Morgan fingerprint density at radius 3 is 2.52 bits per heavy atom. The van der Waals surface area contributed by atoms with Crippen LogP contribution in [-0.4, -0.2) is 40.2 Å². The van der Waals surface area contributed by atoms with E-state index in [1.165, 1.54) is 11.4 Å². The zero-order valence-corrected chi connectivity index (χ0v) is 17.9. The minimum absolute atomic E-state index is 0.0185. The molecular weight excluding hydrogens is 378 g/mol. The number of anilines is 1. The van der Waals surface area contributed by atoms with Crippen LogP contribution in [0, 0.1) is 0 Å². The highest BCUT2D eigenvalue weighted by atomic mass is 32.1. The molecule has 2 atom stereocenters. The lowest BCUT2D eigenvalue weighted by molar-refractivity contribution is 0.309. The van der Waals surface area contributed by atoms with Crippen molar-refractivity contribution in [3.05, 3.63) is 78.4 Å². The Balaban J connectivity index is 1.76. The summed E-state index contributed by atoms with van der Waals surface area (Å²) >= 11 is 5.71. The summed E-state index contributed by atoms with van der Waals surface area (Å²) in [6.07, 6.45) is 5.01. The number of hydrogen-bond donors (Lipinski definition) is 1. The van der Waals surface area contributed by atoms with Crippen molar-refractivity contribution < 1.29 is 0 Å². The van der Waals surface area contributed by atoms with Crippen LogP contribution >= 0.6 is 12.2 Å². The highest BCUT2D eigenvalue weighted by Crippen LogP contribution is 2.39. The number of nitrogens with zero attached hydrogens (tertiary/aromatic N) is 4. The second-order valence-electron chi connectivity index (χ2n) is 7.53. The lowest BCUT2D eigenvalue weighted by Gasteiger charge is -2.28. The van der Waals surface area contributed by atoms with Gasteiger partial charge in [0.15, 0.2) is 5.11 Å². The van der Waals surface area contributed by atoms with E-state index in [0.29, 0.717) is 0 Å². The molecule has 3 heterocycles. The summed E-state index contributed by atoms with van der Waals surface area (Å²) < 4.78 is 2.26. The summed E-state index contributed by atoms with van der Waals surface area (Å²) in [7, 11) is 4.11. The number of pyridine rings is 1. The molecule has 0 radical (unpaired) electrons. The van der Waals surface area contributed by atoms with Crippen LogP contribution in [-0.2, 0) is 0 Å². The first kappa shape index (κ1) is 19.5. The maximum absolute atomic E-state index is 5.71. The molecule has 150 valence electrons. The van der Waals surface area contributed by atoms with Crippen LogP contribution in [0.2, 0.25) is 0 Å². The van der Waals surface area contributed by atoms with Crippen molar-refractivity contribution in [3.8, 4) is 5.69 Å². The third-order valence-electron chi connectivity index (χ3n) is 5.39. The Labute approximate surface area is 178 Å². The second kappa shape index (κ2) is 8.25. The van der Waals surface area contributed by atoms with E-state index in [2.05, 4.69) is 94.3 Å². The van der Waals surface area contributed by atoms with Gasteiger partial charge in [0, 0.05) is 50.1 Å². The molecule has 1 aromatic carbocycles. The molecule has 2 aromatic heterocycles. The highest BCUT2D eigenvalue weighted by molar-refractivity contribution is 7.80. The van der Waals surface area contributed by atoms with Gasteiger partial charge in [-0.15, -0.1) is 0 Å². The number of hydrogen-bond acceptors (Lipinski definition) is 3. The summed E-state index contributed by atoms with van der Waals surface area (Å²) in [6.45, 7) is 3.09. The highest BCUT2D eigenvalue weighted by Gasteiger charge is 2.40. The molecule has 1 aliphatic heterocycles. The van der Waals surface area contributed by atoms with Gasteiger partial charge in [-0.3, -0.25) is 4.98 Å². The average molecular weight is 406 g/mol. The van der Waals surface area contributed by atoms with Crippen molar-refractivity contribution in [1.82, 2.24) is 19.8 Å². The van der Waals surface area contributed by atoms with Crippen LogP contribution in [0.1, 0.15) is 36.8 Å². The molecule has 0 bridgehead atoms. The maximum atomic E-state index is 5.71. The van der Waals surface area contributed by atoms with E-state index >= 15 is 0 Å². The van der Waals surface area contributed by atoms with Gasteiger partial charge in [-0.05, 0) is 67.2 Å². The summed E-state index contributed by atoms with van der Waals surface area (Å²) in [6, 6.07) is 19.1. The van der Waals surface area contributed by atoms with E-state index in [0.717, 1.165) is 29.5 Å². The third-order valence-corrected chi connectivity index (χ3v) is 5.74. The van der Waals surface area contributed by atoms with Crippen LogP contribution in [0.4, 0.5) is 5.69 Å². The van der Waals surface area contributed by atoms with Crippen molar-refractivity contribution in [3.63, 3.8) is 0 Å². The number of nitrogens with one attached hydrogen (secondary N) is 1. The predicted octanol–water partition coefficient (Wildman–Crippen LogP) is 4.32. The van der Waals surface area contributed by atoms with Crippen molar-refractivity contribution >= 4 is 23.0 Å². The van der Waals surface area contributed by atoms with Crippen molar-refractivity contribution in [2.75, 3.05) is 25.5 Å². The molecule has 1 N–H and O–H groups in total. The first-order valence-corrected chi connectivity index (χ1v) is 10.4. The lowest BCUT2D eigenvalue weighted by atomic mass is 10.0. The first-order chi connectivity index (χ1) is 14.1. The van der Waals surface area contributed by atoms with E-state index in [4.69, 9.17) is 12.2 Å². The van der Waals surface area contributed by atoms with Crippen LogP contribution < -0.4 is 10.2 Å². The topological polar surface area (TPSA) is 36.3 Å². The number of aromatic nitrogens is 2. The lowest BCUT2D eigenvalue weighted by Crippen LogP contribution is -2.31. The molecule has 1 aliphatic rings. The number of rotatable bonds is 6. The standard InChI is InChI=1S/C23H27N5S/c1-4-15-28-22(21(25-23(28)29)19-8-5-6-14-24-19)20-9-7-16-27(20)18-12-10-17(11-13-18)26(2)3/h5-14,16,21-22H,4,15H2,1-3H3,(H,25,29)/t21-,22+/m1/s1. The van der Waals surface area contributed by atoms with E-state index in [9.17, 15) is 0 Å². The van der Waals surface area contributed by atoms with Gasteiger partial charge in [0.05, 0.1) is 17.8 Å². The molecule has 0 unspecified atom stereocenters. The minimum Gasteiger partial charge on any atom is -0.378 e. The van der Waals surface area contributed by atoms with Crippen molar-refractivity contribution in [2.45, 2.75) is 25.4 Å². The third kappa shape index (κ3) is 3.72. The quantitative estimate of drug-likeness (QED) is 0.618. The normalized spacial score (nSPS) is 18.7. The average Bonchev–Trinajstić information content (AvgIpc) is 3.34. The van der Waals surface area contributed by atoms with Gasteiger partial charge in [0.25, 0.3) is 0 Å². The SMILES string of the molecule is CCCN1C(=S)N[C@H](c2ccccn2)[C@@H]1c1cccn1-c1ccc(N(C)C)cc1. The summed E-state index contributed by atoms with van der Waals surface area (Å²) in [5.74, 6) is 0. The predicted molar refractivity (Wildman–Crippen MR) is 123 cm³/mol. The van der Waals surface area contributed by atoms with E-state index in [-0.39, 0.29) is 12.1 Å². The molecular formula is C23H27N5S. The maximum Gasteiger partial charge on any atom is 0.170 e. The molecule has 1 saturated heterocycles. The molecule has 4 rings (SSSR count).